The van der Waals surface area contributed by atoms with Gasteiger partial charge >= 0.3 is 0 Å². The van der Waals surface area contributed by atoms with E-state index in [1.165, 1.54) is 24.8 Å². The Bertz CT molecular complexity index is 129. The van der Waals surface area contributed by atoms with Gasteiger partial charge in [-0.2, -0.15) is 0 Å². The zero-order valence-electron chi connectivity index (χ0n) is 10.6. The molecule has 0 saturated carbocycles. The van der Waals surface area contributed by atoms with E-state index < -0.39 is 0 Å². The smallest absolute Gasteiger partial charge is 0.0295 e. The van der Waals surface area contributed by atoms with Crippen molar-refractivity contribution >= 4 is 0 Å². The minimum atomic E-state index is 0.882. The quantitative estimate of drug-likeness (QED) is 0.502. The van der Waals surface area contributed by atoms with Gasteiger partial charge in [-0.25, -0.2) is 0 Å². The van der Waals surface area contributed by atoms with Gasteiger partial charge in [-0.1, -0.05) is 58.8 Å². The lowest BCUT2D eigenvalue weighted by Crippen LogP contribution is -1.97. The van der Waals surface area contributed by atoms with E-state index in [-0.39, 0.29) is 0 Å². The van der Waals surface area contributed by atoms with Gasteiger partial charge in [0.15, 0.2) is 0 Å². The van der Waals surface area contributed by atoms with Crippen LogP contribution >= 0.6 is 0 Å². The Balaban J connectivity index is 0. The average Bonchev–Trinajstić information content (AvgIpc) is 2.25. The molecule has 0 aromatic heterocycles. The summed E-state index contributed by atoms with van der Waals surface area (Å²) in [4.78, 5) is 0. The van der Waals surface area contributed by atoms with Crippen LogP contribution in [0.15, 0.2) is 24.8 Å². The summed E-state index contributed by atoms with van der Waals surface area (Å²) in [6.07, 6.45) is 7.95. The predicted molar refractivity (Wildman–Crippen MR) is 68.6 cm³/mol. The monoisotopic (exact) mass is 196 g/mol. The standard InChI is InChI=1S/C10H20.C4H8/c1-5-9(4)8-10(6-2)7-3;1-3-4-2/h10H,4-8H2,1-3H3;3H,1,4H2,2H3. The largest absolute Gasteiger partial charge is 0.103 e. The second kappa shape index (κ2) is 12.5. The lowest BCUT2D eigenvalue weighted by atomic mass is 9.94. The van der Waals surface area contributed by atoms with Crippen molar-refractivity contribution in [2.24, 2.45) is 5.92 Å². The van der Waals surface area contributed by atoms with Crippen LogP contribution in [0.3, 0.4) is 0 Å². The summed E-state index contributed by atoms with van der Waals surface area (Å²) in [7, 11) is 0. The first kappa shape index (κ1) is 15.9. The maximum absolute atomic E-state index is 4.01. The van der Waals surface area contributed by atoms with Crippen LogP contribution in [0.5, 0.6) is 0 Å². The molecule has 14 heavy (non-hydrogen) atoms. The summed E-state index contributed by atoms with van der Waals surface area (Å²) in [5, 5.41) is 0. The number of hydrogen-bond donors (Lipinski definition) is 0. The minimum Gasteiger partial charge on any atom is -0.103 e. The Morgan fingerprint density at radius 1 is 1.14 bits per heavy atom. The summed E-state index contributed by atoms with van der Waals surface area (Å²) >= 11 is 0. The molecule has 0 bridgehead atoms. The van der Waals surface area contributed by atoms with Gasteiger partial charge in [0.2, 0.25) is 0 Å². The van der Waals surface area contributed by atoms with Gasteiger partial charge in [0.05, 0.1) is 0 Å². The Labute approximate surface area is 91.1 Å². The zero-order chi connectivity index (χ0) is 11.4. The van der Waals surface area contributed by atoms with Gasteiger partial charge in [0, 0.05) is 0 Å². The molecule has 0 heteroatoms. The van der Waals surface area contributed by atoms with E-state index in [4.69, 9.17) is 0 Å². The third kappa shape index (κ3) is 11.5. The third-order valence-electron chi connectivity index (χ3n) is 2.52. The summed E-state index contributed by atoms with van der Waals surface area (Å²) in [6, 6.07) is 0. The molecular formula is C14H28. The maximum Gasteiger partial charge on any atom is -0.0295 e. The van der Waals surface area contributed by atoms with Crippen molar-refractivity contribution in [2.45, 2.75) is 59.8 Å². The van der Waals surface area contributed by atoms with Crippen LogP contribution in [0.2, 0.25) is 0 Å². The third-order valence-corrected chi connectivity index (χ3v) is 2.52. The summed E-state index contributed by atoms with van der Waals surface area (Å²) in [5.41, 5.74) is 1.41. The Morgan fingerprint density at radius 3 is 1.79 bits per heavy atom. The fourth-order valence-electron chi connectivity index (χ4n) is 1.13. The van der Waals surface area contributed by atoms with E-state index in [1.54, 1.807) is 0 Å². The molecule has 84 valence electrons. The predicted octanol–water partition coefficient (Wildman–Crippen LogP) is 5.36. The average molecular weight is 196 g/mol. The van der Waals surface area contributed by atoms with Crippen LogP contribution in [0, 0.1) is 5.92 Å². The van der Waals surface area contributed by atoms with E-state index in [0.717, 1.165) is 18.8 Å². The zero-order valence-corrected chi connectivity index (χ0v) is 10.6. The first-order chi connectivity index (χ1) is 6.65. The molecule has 0 rings (SSSR count). The molecule has 0 aliphatic carbocycles. The molecule has 0 N–H and O–H groups in total. The molecule has 0 heterocycles. The normalized spacial score (nSPS) is 9.21. The van der Waals surface area contributed by atoms with E-state index in [2.05, 4.69) is 40.9 Å². The van der Waals surface area contributed by atoms with Gasteiger partial charge in [-0.3, -0.25) is 0 Å². The minimum absolute atomic E-state index is 0.882. The van der Waals surface area contributed by atoms with Gasteiger partial charge in [0.1, 0.15) is 0 Å². The van der Waals surface area contributed by atoms with Crippen LogP contribution < -0.4 is 0 Å². The van der Waals surface area contributed by atoms with Gasteiger partial charge in [-0.15, -0.1) is 6.58 Å². The van der Waals surface area contributed by atoms with Crippen LogP contribution in [0.4, 0.5) is 0 Å². The highest BCUT2D eigenvalue weighted by molar-refractivity contribution is 4.93. The van der Waals surface area contributed by atoms with Crippen LogP contribution in [0.1, 0.15) is 59.8 Å². The summed E-state index contributed by atoms with van der Waals surface area (Å²) in [5.74, 6) is 0.882. The fourth-order valence-corrected chi connectivity index (χ4v) is 1.13. The van der Waals surface area contributed by atoms with E-state index >= 15 is 0 Å². The number of rotatable bonds is 6. The van der Waals surface area contributed by atoms with Crippen molar-refractivity contribution in [1.29, 1.82) is 0 Å². The molecule has 0 fully saturated rings. The molecule has 0 aliphatic heterocycles. The lowest BCUT2D eigenvalue weighted by molar-refractivity contribution is 0.484. The van der Waals surface area contributed by atoms with Crippen molar-refractivity contribution in [1.82, 2.24) is 0 Å². The maximum atomic E-state index is 4.01. The molecule has 0 radical (unpaired) electrons. The van der Waals surface area contributed by atoms with Crippen LogP contribution in [0.25, 0.3) is 0 Å². The van der Waals surface area contributed by atoms with E-state index in [0.29, 0.717) is 0 Å². The second-order valence-corrected chi connectivity index (χ2v) is 3.69. The molecule has 0 nitrogen and oxygen atoms in total. The number of hydrogen-bond acceptors (Lipinski definition) is 0. The fraction of sp³-hybridized carbons (Fsp3) is 0.714. The molecule has 0 aromatic rings. The highest BCUT2D eigenvalue weighted by atomic mass is 14.1. The van der Waals surface area contributed by atoms with Crippen molar-refractivity contribution in [2.75, 3.05) is 0 Å². The lowest BCUT2D eigenvalue weighted by Gasteiger charge is -2.12. The van der Waals surface area contributed by atoms with Crippen LogP contribution in [-0.2, 0) is 0 Å². The Hall–Kier alpha value is -0.520. The van der Waals surface area contributed by atoms with Crippen molar-refractivity contribution in [3.8, 4) is 0 Å². The summed E-state index contributed by atoms with van der Waals surface area (Å²) < 4.78 is 0. The van der Waals surface area contributed by atoms with E-state index in [1.807, 2.05) is 6.08 Å². The van der Waals surface area contributed by atoms with Crippen molar-refractivity contribution in [3.05, 3.63) is 24.8 Å². The topological polar surface area (TPSA) is 0 Å². The molecule has 0 spiro atoms. The van der Waals surface area contributed by atoms with Gasteiger partial charge < -0.3 is 0 Å². The first-order valence-corrected chi connectivity index (χ1v) is 5.93. The highest BCUT2D eigenvalue weighted by Crippen LogP contribution is 2.18. The molecule has 0 atom stereocenters. The van der Waals surface area contributed by atoms with Crippen molar-refractivity contribution in [3.63, 3.8) is 0 Å². The molecule has 0 aliphatic rings. The highest BCUT2D eigenvalue weighted by Gasteiger charge is 2.03. The SMILES string of the molecule is C=C(CC)CC(CC)CC.C=CCC. The molecular weight excluding hydrogens is 168 g/mol. The van der Waals surface area contributed by atoms with E-state index in [9.17, 15) is 0 Å². The Morgan fingerprint density at radius 2 is 1.57 bits per heavy atom. The molecule has 0 unspecified atom stereocenters. The molecule has 0 saturated heterocycles. The van der Waals surface area contributed by atoms with Gasteiger partial charge in [0.25, 0.3) is 0 Å². The number of allylic oxidation sites excluding steroid dienone is 2. The summed E-state index contributed by atoms with van der Waals surface area (Å²) in [6.45, 7) is 16.3. The second-order valence-electron chi connectivity index (χ2n) is 3.69. The van der Waals surface area contributed by atoms with Gasteiger partial charge in [-0.05, 0) is 25.2 Å². The first-order valence-electron chi connectivity index (χ1n) is 5.93. The molecule has 0 aromatic carbocycles. The van der Waals surface area contributed by atoms with Crippen LogP contribution in [-0.4, -0.2) is 0 Å². The Kier molecular flexibility index (Phi) is 14.2. The van der Waals surface area contributed by atoms with Crippen molar-refractivity contribution < 1.29 is 0 Å². The molecule has 0 amide bonds.